The third kappa shape index (κ3) is 1.83. The summed E-state index contributed by atoms with van der Waals surface area (Å²) in [4.78, 5) is 0. The van der Waals surface area contributed by atoms with E-state index >= 15 is 0 Å². The van der Waals surface area contributed by atoms with Crippen molar-refractivity contribution in [3.05, 3.63) is 34.4 Å². The van der Waals surface area contributed by atoms with Gasteiger partial charge in [-0.25, -0.2) is 0 Å². The standard InChI is InChI=1S/C14H18N2/c1-14(2,3)13-5-4-10(8-15)11-6-7-16-9-12(11)13/h4-5,16H,6-7,9H2,1-3H3. The molecule has 1 aromatic rings. The Hall–Kier alpha value is -1.33. The van der Waals surface area contributed by atoms with Crippen molar-refractivity contribution in [3.8, 4) is 6.07 Å². The Morgan fingerprint density at radius 1 is 1.25 bits per heavy atom. The quantitative estimate of drug-likeness (QED) is 0.720. The van der Waals surface area contributed by atoms with Crippen LogP contribution in [0, 0.1) is 11.3 Å². The molecule has 0 radical (unpaired) electrons. The molecular weight excluding hydrogens is 196 g/mol. The summed E-state index contributed by atoms with van der Waals surface area (Å²) in [5.74, 6) is 0. The number of nitrogens with one attached hydrogen (secondary N) is 1. The highest BCUT2D eigenvalue weighted by molar-refractivity contribution is 5.50. The van der Waals surface area contributed by atoms with Crippen LogP contribution >= 0.6 is 0 Å². The minimum absolute atomic E-state index is 0.150. The predicted molar refractivity (Wildman–Crippen MR) is 65.3 cm³/mol. The Labute approximate surface area is 97.3 Å². The number of benzene rings is 1. The molecule has 0 saturated carbocycles. The summed E-state index contributed by atoms with van der Waals surface area (Å²) < 4.78 is 0. The largest absolute Gasteiger partial charge is 0.312 e. The molecule has 0 unspecified atom stereocenters. The fourth-order valence-corrected chi connectivity index (χ4v) is 2.41. The maximum Gasteiger partial charge on any atom is 0.0994 e. The van der Waals surface area contributed by atoms with Crippen molar-refractivity contribution in [3.63, 3.8) is 0 Å². The summed E-state index contributed by atoms with van der Waals surface area (Å²) in [5.41, 5.74) is 4.97. The van der Waals surface area contributed by atoms with Crippen molar-refractivity contribution in [2.24, 2.45) is 0 Å². The summed E-state index contributed by atoms with van der Waals surface area (Å²) in [6.45, 7) is 8.56. The molecule has 0 fully saturated rings. The van der Waals surface area contributed by atoms with Crippen LogP contribution in [0.4, 0.5) is 0 Å². The van der Waals surface area contributed by atoms with Crippen LogP contribution in [0.1, 0.15) is 43.0 Å². The third-order valence-electron chi connectivity index (χ3n) is 3.21. The molecule has 0 saturated heterocycles. The van der Waals surface area contributed by atoms with E-state index in [2.05, 4.69) is 38.2 Å². The fraction of sp³-hybridized carbons (Fsp3) is 0.500. The highest BCUT2D eigenvalue weighted by atomic mass is 14.9. The molecule has 1 aromatic carbocycles. The summed E-state index contributed by atoms with van der Waals surface area (Å²) in [6.07, 6.45) is 0.974. The zero-order valence-electron chi connectivity index (χ0n) is 10.2. The van der Waals surface area contributed by atoms with Gasteiger partial charge in [0.15, 0.2) is 0 Å². The lowest BCUT2D eigenvalue weighted by Gasteiger charge is -2.28. The molecule has 0 aliphatic carbocycles. The molecule has 1 heterocycles. The monoisotopic (exact) mass is 214 g/mol. The van der Waals surface area contributed by atoms with Crippen molar-refractivity contribution in [2.75, 3.05) is 6.54 Å². The van der Waals surface area contributed by atoms with Crippen molar-refractivity contribution >= 4 is 0 Å². The van der Waals surface area contributed by atoms with E-state index in [1.165, 1.54) is 16.7 Å². The summed E-state index contributed by atoms with van der Waals surface area (Å²) in [7, 11) is 0. The molecule has 84 valence electrons. The molecule has 0 bridgehead atoms. The van der Waals surface area contributed by atoms with Gasteiger partial charge in [-0.05, 0) is 41.1 Å². The second-order valence-electron chi connectivity index (χ2n) is 5.41. The average molecular weight is 214 g/mol. The summed E-state index contributed by atoms with van der Waals surface area (Å²) in [5, 5.41) is 12.5. The molecule has 2 heteroatoms. The van der Waals surface area contributed by atoms with Gasteiger partial charge in [0, 0.05) is 6.54 Å². The van der Waals surface area contributed by atoms with Gasteiger partial charge in [0.05, 0.1) is 11.6 Å². The van der Waals surface area contributed by atoms with E-state index in [0.717, 1.165) is 25.1 Å². The van der Waals surface area contributed by atoms with E-state index < -0.39 is 0 Å². The van der Waals surface area contributed by atoms with Crippen LogP contribution in [-0.2, 0) is 18.4 Å². The topological polar surface area (TPSA) is 35.8 Å². The van der Waals surface area contributed by atoms with Crippen LogP contribution in [0.2, 0.25) is 0 Å². The number of rotatable bonds is 0. The minimum atomic E-state index is 0.150. The maximum atomic E-state index is 9.12. The zero-order valence-corrected chi connectivity index (χ0v) is 10.2. The molecule has 1 aliphatic rings. The van der Waals surface area contributed by atoms with Crippen molar-refractivity contribution in [1.82, 2.24) is 5.32 Å². The van der Waals surface area contributed by atoms with Crippen LogP contribution < -0.4 is 5.32 Å². The van der Waals surface area contributed by atoms with Crippen molar-refractivity contribution in [2.45, 2.75) is 39.2 Å². The Bertz CT molecular complexity index is 447. The van der Waals surface area contributed by atoms with Gasteiger partial charge >= 0.3 is 0 Å². The first-order chi connectivity index (χ1) is 7.54. The highest BCUT2D eigenvalue weighted by Crippen LogP contribution is 2.31. The first-order valence-electron chi connectivity index (χ1n) is 5.80. The second-order valence-corrected chi connectivity index (χ2v) is 5.41. The molecule has 16 heavy (non-hydrogen) atoms. The summed E-state index contributed by atoms with van der Waals surface area (Å²) >= 11 is 0. The SMILES string of the molecule is CC(C)(C)c1ccc(C#N)c2c1CNCC2. The van der Waals surface area contributed by atoms with Gasteiger partial charge in [-0.2, -0.15) is 5.26 Å². The Morgan fingerprint density at radius 2 is 2.00 bits per heavy atom. The first kappa shape index (κ1) is 11.2. The lowest BCUT2D eigenvalue weighted by Crippen LogP contribution is -2.28. The molecule has 0 spiro atoms. The van der Waals surface area contributed by atoms with Crippen LogP contribution in [0.15, 0.2) is 12.1 Å². The van der Waals surface area contributed by atoms with Crippen LogP contribution in [0.25, 0.3) is 0 Å². The predicted octanol–water partition coefficient (Wildman–Crippen LogP) is 2.50. The molecule has 2 nitrogen and oxygen atoms in total. The Morgan fingerprint density at radius 3 is 2.62 bits per heavy atom. The van der Waals surface area contributed by atoms with Crippen LogP contribution in [-0.4, -0.2) is 6.54 Å². The lowest BCUT2D eigenvalue weighted by atomic mass is 9.79. The van der Waals surface area contributed by atoms with Crippen LogP contribution in [0.3, 0.4) is 0 Å². The molecule has 1 N–H and O–H groups in total. The molecule has 1 aliphatic heterocycles. The van der Waals surface area contributed by atoms with E-state index in [1.807, 2.05) is 6.07 Å². The number of nitrogens with zero attached hydrogens (tertiary/aromatic N) is 1. The zero-order chi connectivity index (χ0) is 11.8. The van der Waals surface area contributed by atoms with E-state index in [0.29, 0.717) is 0 Å². The number of hydrogen-bond acceptors (Lipinski definition) is 2. The normalized spacial score (nSPS) is 15.4. The van der Waals surface area contributed by atoms with Gasteiger partial charge in [0.2, 0.25) is 0 Å². The van der Waals surface area contributed by atoms with Gasteiger partial charge < -0.3 is 5.32 Å². The lowest BCUT2D eigenvalue weighted by molar-refractivity contribution is 0.559. The number of fused-ring (bicyclic) bond motifs is 1. The minimum Gasteiger partial charge on any atom is -0.312 e. The molecule has 2 rings (SSSR count). The second kappa shape index (κ2) is 3.92. The third-order valence-corrected chi connectivity index (χ3v) is 3.21. The molecule has 0 atom stereocenters. The van der Waals surface area contributed by atoms with E-state index in [1.54, 1.807) is 0 Å². The Kier molecular flexibility index (Phi) is 2.73. The van der Waals surface area contributed by atoms with Gasteiger partial charge in [-0.1, -0.05) is 26.8 Å². The fourth-order valence-electron chi connectivity index (χ4n) is 2.41. The highest BCUT2D eigenvalue weighted by Gasteiger charge is 2.23. The summed E-state index contributed by atoms with van der Waals surface area (Å²) in [6, 6.07) is 6.40. The van der Waals surface area contributed by atoms with E-state index in [9.17, 15) is 0 Å². The Balaban J connectivity index is 2.63. The molecule has 0 amide bonds. The van der Waals surface area contributed by atoms with Gasteiger partial charge in [0.1, 0.15) is 0 Å². The maximum absolute atomic E-state index is 9.12. The van der Waals surface area contributed by atoms with Gasteiger partial charge in [0.25, 0.3) is 0 Å². The van der Waals surface area contributed by atoms with E-state index in [4.69, 9.17) is 5.26 Å². The first-order valence-corrected chi connectivity index (χ1v) is 5.80. The van der Waals surface area contributed by atoms with Gasteiger partial charge in [-0.15, -0.1) is 0 Å². The van der Waals surface area contributed by atoms with Crippen LogP contribution in [0.5, 0.6) is 0 Å². The number of hydrogen-bond donors (Lipinski definition) is 1. The smallest absolute Gasteiger partial charge is 0.0994 e. The average Bonchev–Trinajstić information content (AvgIpc) is 2.26. The molecular formula is C14H18N2. The number of nitriles is 1. The van der Waals surface area contributed by atoms with Crippen molar-refractivity contribution in [1.29, 1.82) is 5.26 Å². The molecule has 0 aromatic heterocycles. The van der Waals surface area contributed by atoms with E-state index in [-0.39, 0.29) is 5.41 Å². The van der Waals surface area contributed by atoms with Crippen molar-refractivity contribution < 1.29 is 0 Å². The van der Waals surface area contributed by atoms with Gasteiger partial charge in [-0.3, -0.25) is 0 Å².